The van der Waals surface area contributed by atoms with Crippen molar-refractivity contribution < 1.29 is 14.3 Å². The fourth-order valence-corrected chi connectivity index (χ4v) is 3.42. The van der Waals surface area contributed by atoms with Crippen molar-refractivity contribution in [2.45, 2.75) is 0 Å². The van der Waals surface area contributed by atoms with Crippen LogP contribution >= 0.6 is 11.6 Å². The average Bonchev–Trinajstić information content (AvgIpc) is 2.67. The molecular formula is C19H18ClN3O3. The highest BCUT2D eigenvalue weighted by atomic mass is 35.5. The van der Waals surface area contributed by atoms with Gasteiger partial charge in [-0.05, 0) is 36.4 Å². The molecular weight excluding hydrogens is 354 g/mol. The first-order valence-corrected chi connectivity index (χ1v) is 8.84. The molecule has 4 rings (SSSR count). The standard InChI is InChI=1S/C19H18ClN3O3/c20-14-2-1-3-15(11-14)22-6-8-23(9-7-22)19(25)13-4-5-17-16(10-13)21-18(24)12-26-17/h1-5,10-11H,6-9,12H2,(H,21,24). The molecule has 1 saturated heterocycles. The third-order valence-electron chi connectivity index (χ3n) is 4.60. The van der Waals surface area contributed by atoms with Gasteiger partial charge in [-0.25, -0.2) is 0 Å². The van der Waals surface area contributed by atoms with Gasteiger partial charge < -0.3 is 19.9 Å². The first kappa shape index (κ1) is 16.7. The Hall–Kier alpha value is -2.73. The van der Waals surface area contributed by atoms with Crippen molar-refractivity contribution in [3.63, 3.8) is 0 Å². The molecule has 0 saturated carbocycles. The van der Waals surface area contributed by atoms with Gasteiger partial charge in [0.1, 0.15) is 5.75 Å². The van der Waals surface area contributed by atoms with E-state index in [0.29, 0.717) is 35.1 Å². The second-order valence-electron chi connectivity index (χ2n) is 6.31. The molecule has 2 heterocycles. The molecule has 2 aromatic rings. The molecule has 2 aliphatic heterocycles. The minimum absolute atomic E-state index is 0.00571. The second kappa shape index (κ2) is 6.88. The summed E-state index contributed by atoms with van der Waals surface area (Å²) < 4.78 is 5.33. The van der Waals surface area contributed by atoms with Crippen LogP contribution < -0.4 is 15.0 Å². The number of piperazine rings is 1. The molecule has 2 aromatic carbocycles. The summed E-state index contributed by atoms with van der Waals surface area (Å²) in [4.78, 5) is 28.3. The summed E-state index contributed by atoms with van der Waals surface area (Å²) in [6, 6.07) is 12.9. The minimum atomic E-state index is -0.211. The van der Waals surface area contributed by atoms with Crippen LogP contribution in [-0.2, 0) is 4.79 Å². The first-order chi connectivity index (χ1) is 12.6. The number of hydrogen-bond acceptors (Lipinski definition) is 4. The van der Waals surface area contributed by atoms with Crippen LogP contribution in [-0.4, -0.2) is 49.5 Å². The number of halogens is 1. The Morgan fingerprint density at radius 2 is 1.88 bits per heavy atom. The van der Waals surface area contributed by atoms with E-state index in [4.69, 9.17) is 16.3 Å². The Morgan fingerprint density at radius 3 is 2.65 bits per heavy atom. The summed E-state index contributed by atoms with van der Waals surface area (Å²) in [7, 11) is 0. The fourth-order valence-electron chi connectivity index (χ4n) is 3.24. The molecule has 2 aliphatic rings. The van der Waals surface area contributed by atoms with E-state index < -0.39 is 0 Å². The van der Waals surface area contributed by atoms with Crippen molar-refractivity contribution in [3.05, 3.63) is 53.1 Å². The topological polar surface area (TPSA) is 61.9 Å². The summed E-state index contributed by atoms with van der Waals surface area (Å²) in [6.45, 7) is 2.76. The molecule has 7 heteroatoms. The van der Waals surface area contributed by atoms with Crippen LogP contribution in [0, 0.1) is 0 Å². The molecule has 0 spiro atoms. The number of hydrogen-bond donors (Lipinski definition) is 1. The van der Waals surface area contributed by atoms with Crippen LogP contribution in [0.3, 0.4) is 0 Å². The lowest BCUT2D eigenvalue weighted by Gasteiger charge is -2.36. The van der Waals surface area contributed by atoms with Gasteiger partial charge in [0.25, 0.3) is 11.8 Å². The van der Waals surface area contributed by atoms with Gasteiger partial charge in [-0.2, -0.15) is 0 Å². The summed E-state index contributed by atoms with van der Waals surface area (Å²) in [5, 5.41) is 3.44. The van der Waals surface area contributed by atoms with E-state index in [0.717, 1.165) is 18.8 Å². The number of carbonyl (C=O) groups is 2. The van der Waals surface area contributed by atoms with Gasteiger partial charge in [0.05, 0.1) is 5.69 Å². The zero-order valence-corrected chi connectivity index (χ0v) is 14.8. The van der Waals surface area contributed by atoms with Crippen molar-refractivity contribution in [2.24, 2.45) is 0 Å². The number of ether oxygens (including phenoxy) is 1. The van der Waals surface area contributed by atoms with Gasteiger partial charge in [0.2, 0.25) is 0 Å². The zero-order chi connectivity index (χ0) is 18.1. The van der Waals surface area contributed by atoms with E-state index in [2.05, 4.69) is 10.2 Å². The van der Waals surface area contributed by atoms with Crippen LogP contribution in [0.1, 0.15) is 10.4 Å². The predicted molar refractivity (Wildman–Crippen MR) is 100 cm³/mol. The lowest BCUT2D eigenvalue weighted by molar-refractivity contribution is -0.118. The van der Waals surface area contributed by atoms with Gasteiger partial charge in [-0.3, -0.25) is 9.59 Å². The molecule has 0 aliphatic carbocycles. The van der Waals surface area contributed by atoms with Crippen molar-refractivity contribution in [3.8, 4) is 5.75 Å². The number of amides is 2. The monoisotopic (exact) mass is 371 g/mol. The number of benzene rings is 2. The van der Waals surface area contributed by atoms with Crippen LogP contribution in [0.25, 0.3) is 0 Å². The number of carbonyl (C=O) groups excluding carboxylic acids is 2. The maximum absolute atomic E-state index is 12.8. The zero-order valence-electron chi connectivity index (χ0n) is 14.1. The molecule has 0 radical (unpaired) electrons. The van der Waals surface area contributed by atoms with Gasteiger partial charge in [0.15, 0.2) is 6.61 Å². The van der Waals surface area contributed by atoms with Crippen molar-refractivity contribution in [2.75, 3.05) is 43.0 Å². The average molecular weight is 372 g/mol. The second-order valence-corrected chi connectivity index (χ2v) is 6.74. The fraction of sp³-hybridized carbons (Fsp3) is 0.263. The third-order valence-corrected chi connectivity index (χ3v) is 4.83. The molecule has 1 N–H and O–H groups in total. The highest BCUT2D eigenvalue weighted by Crippen LogP contribution is 2.29. The van der Waals surface area contributed by atoms with Crippen molar-refractivity contribution in [1.82, 2.24) is 4.90 Å². The Balaban J connectivity index is 1.44. The van der Waals surface area contributed by atoms with Gasteiger partial charge in [-0.15, -0.1) is 0 Å². The Labute approximate surface area is 156 Å². The smallest absolute Gasteiger partial charge is 0.262 e. The predicted octanol–water partition coefficient (Wildman–Crippen LogP) is 2.63. The van der Waals surface area contributed by atoms with Gasteiger partial charge >= 0.3 is 0 Å². The molecule has 134 valence electrons. The minimum Gasteiger partial charge on any atom is -0.482 e. The third kappa shape index (κ3) is 3.32. The number of rotatable bonds is 2. The van der Waals surface area contributed by atoms with E-state index in [9.17, 15) is 9.59 Å². The van der Waals surface area contributed by atoms with Gasteiger partial charge in [0, 0.05) is 42.5 Å². The number of nitrogens with zero attached hydrogens (tertiary/aromatic N) is 2. The van der Waals surface area contributed by atoms with E-state index in [1.807, 2.05) is 29.2 Å². The van der Waals surface area contributed by atoms with Crippen LogP contribution in [0.5, 0.6) is 5.75 Å². The lowest BCUT2D eigenvalue weighted by Crippen LogP contribution is -2.48. The highest BCUT2D eigenvalue weighted by Gasteiger charge is 2.24. The molecule has 2 amide bonds. The van der Waals surface area contributed by atoms with Crippen LogP contribution in [0.15, 0.2) is 42.5 Å². The number of fused-ring (bicyclic) bond motifs is 1. The number of nitrogens with one attached hydrogen (secondary N) is 1. The van der Waals surface area contributed by atoms with Crippen LogP contribution in [0.2, 0.25) is 5.02 Å². The highest BCUT2D eigenvalue weighted by molar-refractivity contribution is 6.30. The normalized spacial score (nSPS) is 16.6. The maximum Gasteiger partial charge on any atom is 0.262 e. The summed E-state index contributed by atoms with van der Waals surface area (Å²) in [5.74, 6) is 0.336. The summed E-state index contributed by atoms with van der Waals surface area (Å²) in [5.41, 5.74) is 2.16. The molecule has 6 nitrogen and oxygen atoms in total. The largest absolute Gasteiger partial charge is 0.482 e. The molecule has 26 heavy (non-hydrogen) atoms. The van der Waals surface area contributed by atoms with Gasteiger partial charge in [-0.1, -0.05) is 17.7 Å². The van der Waals surface area contributed by atoms with Crippen LogP contribution in [0.4, 0.5) is 11.4 Å². The SMILES string of the molecule is O=C1COc2ccc(C(=O)N3CCN(c4cccc(Cl)c4)CC3)cc2N1. The maximum atomic E-state index is 12.8. The lowest BCUT2D eigenvalue weighted by atomic mass is 10.1. The molecule has 0 aromatic heterocycles. The van der Waals surface area contributed by atoms with E-state index in [-0.39, 0.29) is 18.4 Å². The van der Waals surface area contributed by atoms with Crippen molar-refractivity contribution in [1.29, 1.82) is 0 Å². The Morgan fingerprint density at radius 1 is 1.08 bits per heavy atom. The Kier molecular flexibility index (Phi) is 4.42. The number of anilines is 2. The molecule has 1 fully saturated rings. The first-order valence-electron chi connectivity index (χ1n) is 8.47. The summed E-state index contributed by atoms with van der Waals surface area (Å²) in [6.07, 6.45) is 0. The van der Waals surface area contributed by atoms with E-state index in [1.54, 1.807) is 18.2 Å². The Bertz CT molecular complexity index is 863. The quantitative estimate of drug-likeness (QED) is 0.881. The van der Waals surface area contributed by atoms with E-state index >= 15 is 0 Å². The molecule has 0 unspecified atom stereocenters. The van der Waals surface area contributed by atoms with E-state index in [1.165, 1.54) is 0 Å². The molecule has 0 bridgehead atoms. The molecule has 0 atom stereocenters. The van der Waals surface area contributed by atoms with Crippen molar-refractivity contribution >= 4 is 34.8 Å². The summed E-state index contributed by atoms with van der Waals surface area (Å²) >= 11 is 6.06.